The maximum absolute atomic E-state index is 4.06. The van der Waals surface area contributed by atoms with E-state index in [0.29, 0.717) is 0 Å². The minimum absolute atomic E-state index is 0.793. The van der Waals surface area contributed by atoms with Crippen molar-refractivity contribution < 1.29 is 0 Å². The maximum Gasteiger partial charge on any atom is 0.0945 e. The van der Waals surface area contributed by atoms with Crippen molar-refractivity contribution in [3.63, 3.8) is 0 Å². The second kappa shape index (κ2) is 7.57. The predicted molar refractivity (Wildman–Crippen MR) is 75.5 cm³/mol. The summed E-state index contributed by atoms with van der Waals surface area (Å²) in [6, 6.07) is 0.793. The lowest BCUT2D eigenvalue weighted by molar-refractivity contribution is 0.285. The normalized spacial score (nSPS) is 24.3. The third-order valence-corrected chi connectivity index (χ3v) is 4.26. The van der Waals surface area contributed by atoms with Gasteiger partial charge in [0.05, 0.1) is 6.33 Å². The molecule has 1 heterocycles. The van der Waals surface area contributed by atoms with Gasteiger partial charge in [-0.15, -0.1) is 0 Å². The highest BCUT2D eigenvalue weighted by atomic mass is 15.0. The Morgan fingerprint density at radius 1 is 1.22 bits per heavy atom. The van der Waals surface area contributed by atoms with Crippen LogP contribution in [0, 0.1) is 5.92 Å². The van der Waals surface area contributed by atoms with E-state index in [4.69, 9.17) is 0 Å². The van der Waals surface area contributed by atoms with Crippen molar-refractivity contribution in [1.82, 2.24) is 14.9 Å². The first-order valence-corrected chi connectivity index (χ1v) is 7.57. The fraction of sp³-hybridized carbons (Fsp3) is 0.800. The molecule has 0 atom stereocenters. The molecule has 1 N–H and O–H groups in total. The van der Waals surface area contributed by atoms with E-state index in [0.717, 1.165) is 18.5 Å². The molecule has 3 heteroatoms. The molecule has 0 aromatic carbocycles. The van der Waals surface area contributed by atoms with Crippen LogP contribution in [-0.2, 0) is 6.54 Å². The standard InChI is InChI=1S/C15H27N3/c1-2-14-5-7-15(8-6-14)17-9-3-4-11-18-12-10-16-13-18/h10,12-15,17H,2-9,11H2,1H3. The largest absolute Gasteiger partial charge is 0.337 e. The van der Waals surface area contributed by atoms with E-state index in [1.165, 1.54) is 51.5 Å². The zero-order valence-electron chi connectivity index (χ0n) is 11.6. The third kappa shape index (κ3) is 4.45. The number of nitrogens with zero attached hydrogens (tertiary/aromatic N) is 2. The smallest absolute Gasteiger partial charge is 0.0945 e. The van der Waals surface area contributed by atoms with E-state index in [9.17, 15) is 0 Å². The Hall–Kier alpha value is -0.830. The number of hydrogen-bond donors (Lipinski definition) is 1. The molecule has 1 saturated carbocycles. The first kappa shape index (κ1) is 13.6. The summed E-state index contributed by atoms with van der Waals surface area (Å²) in [5.41, 5.74) is 0. The van der Waals surface area contributed by atoms with Crippen LogP contribution < -0.4 is 5.32 Å². The van der Waals surface area contributed by atoms with E-state index in [1.807, 2.05) is 18.7 Å². The van der Waals surface area contributed by atoms with Crippen molar-refractivity contribution >= 4 is 0 Å². The first-order valence-electron chi connectivity index (χ1n) is 7.57. The van der Waals surface area contributed by atoms with Crippen LogP contribution in [0.3, 0.4) is 0 Å². The van der Waals surface area contributed by atoms with Crippen molar-refractivity contribution in [3.8, 4) is 0 Å². The molecule has 3 nitrogen and oxygen atoms in total. The fourth-order valence-corrected chi connectivity index (χ4v) is 2.92. The van der Waals surface area contributed by atoms with Crippen LogP contribution in [0.5, 0.6) is 0 Å². The molecule has 1 fully saturated rings. The molecule has 1 aliphatic carbocycles. The van der Waals surface area contributed by atoms with Crippen LogP contribution >= 0.6 is 0 Å². The fourth-order valence-electron chi connectivity index (χ4n) is 2.92. The summed E-state index contributed by atoms with van der Waals surface area (Å²) >= 11 is 0. The monoisotopic (exact) mass is 249 g/mol. The van der Waals surface area contributed by atoms with Crippen LogP contribution in [0.4, 0.5) is 0 Å². The van der Waals surface area contributed by atoms with E-state index in [1.54, 1.807) is 0 Å². The molecular weight excluding hydrogens is 222 g/mol. The summed E-state index contributed by atoms with van der Waals surface area (Å²) < 4.78 is 2.16. The van der Waals surface area contributed by atoms with E-state index >= 15 is 0 Å². The molecule has 0 aliphatic heterocycles. The van der Waals surface area contributed by atoms with Gasteiger partial charge >= 0.3 is 0 Å². The summed E-state index contributed by atoms with van der Waals surface area (Å²) in [5.74, 6) is 1.00. The van der Waals surface area contributed by atoms with Gasteiger partial charge in [0.2, 0.25) is 0 Å². The van der Waals surface area contributed by atoms with Crippen molar-refractivity contribution in [3.05, 3.63) is 18.7 Å². The van der Waals surface area contributed by atoms with Crippen LogP contribution in [0.1, 0.15) is 51.9 Å². The van der Waals surface area contributed by atoms with Crippen LogP contribution in [0.2, 0.25) is 0 Å². The zero-order valence-corrected chi connectivity index (χ0v) is 11.6. The average Bonchev–Trinajstić information content (AvgIpc) is 2.92. The van der Waals surface area contributed by atoms with Crippen LogP contribution in [-0.4, -0.2) is 22.1 Å². The summed E-state index contributed by atoms with van der Waals surface area (Å²) in [7, 11) is 0. The first-order chi connectivity index (χ1) is 8.88. The molecule has 1 aromatic heterocycles. The maximum atomic E-state index is 4.06. The van der Waals surface area contributed by atoms with Gasteiger partial charge in [0.1, 0.15) is 0 Å². The van der Waals surface area contributed by atoms with Crippen molar-refractivity contribution in [2.75, 3.05) is 6.54 Å². The number of rotatable bonds is 7. The summed E-state index contributed by atoms with van der Waals surface area (Å²) in [5, 5.41) is 3.72. The zero-order chi connectivity index (χ0) is 12.6. The highest BCUT2D eigenvalue weighted by Crippen LogP contribution is 2.26. The van der Waals surface area contributed by atoms with E-state index < -0.39 is 0 Å². The highest BCUT2D eigenvalue weighted by molar-refractivity contribution is 4.77. The molecule has 0 unspecified atom stereocenters. The Morgan fingerprint density at radius 2 is 2.06 bits per heavy atom. The molecule has 0 saturated heterocycles. The number of unbranched alkanes of at least 4 members (excludes halogenated alkanes) is 1. The van der Waals surface area contributed by atoms with Crippen molar-refractivity contribution in [1.29, 1.82) is 0 Å². The van der Waals surface area contributed by atoms with Gasteiger partial charge in [-0.3, -0.25) is 0 Å². The van der Waals surface area contributed by atoms with Gasteiger partial charge in [0.15, 0.2) is 0 Å². The molecule has 1 aliphatic rings. The molecule has 18 heavy (non-hydrogen) atoms. The molecule has 1 aromatic rings. The average molecular weight is 249 g/mol. The van der Waals surface area contributed by atoms with Gasteiger partial charge in [0.25, 0.3) is 0 Å². The number of nitrogens with one attached hydrogen (secondary N) is 1. The number of aromatic nitrogens is 2. The van der Waals surface area contributed by atoms with E-state index in [2.05, 4.69) is 21.8 Å². The lowest BCUT2D eigenvalue weighted by atomic mass is 9.84. The van der Waals surface area contributed by atoms with Gasteiger partial charge in [-0.1, -0.05) is 13.3 Å². The quantitative estimate of drug-likeness (QED) is 0.752. The topological polar surface area (TPSA) is 29.9 Å². The Kier molecular flexibility index (Phi) is 5.72. The molecule has 2 rings (SSSR count). The second-order valence-electron chi connectivity index (χ2n) is 5.59. The number of imidazole rings is 1. The third-order valence-electron chi connectivity index (χ3n) is 4.26. The van der Waals surface area contributed by atoms with Gasteiger partial charge in [-0.05, 0) is 51.0 Å². The lowest BCUT2D eigenvalue weighted by Gasteiger charge is -2.28. The van der Waals surface area contributed by atoms with Gasteiger partial charge in [-0.25, -0.2) is 4.98 Å². The molecule has 0 radical (unpaired) electrons. The molecule has 0 spiro atoms. The van der Waals surface area contributed by atoms with Gasteiger partial charge in [0, 0.05) is 25.0 Å². The summed E-state index contributed by atoms with van der Waals surface area (Å²) in [6.45, 7) is 4.61. The predicted octanol–water partition coefficient (Wildman–Crippen LogP) is 3.22. The van der Waals surface area contributed by atoms with Crippen LogP contribution in [0.15, 0.2) is 18.7 Å². The molecule has 0 bridgehead atoms. The SMILES string of the molecule is CCC1CCC(NCCCCn2ccnc2)CC1. The summed E-state index contributed by atoms with van der Waals surface area (Å²) in [4.78, 5) is 4.06. The molecule has 102 valence electrons. The van der Waals surface area contributed by atoms with Crippen LogP contribution in [0.25, 0.3) is 0 Å². The van der Waals surface area contributed by atoms with Crippen molar-refractivity contribution in [2.45, 2.75) is 64.5 Å². The minimum atomic E-state index is 0.793. The Bertz CT molecular complexity index is 300. The van der Waals surface area contributed by atoms with E-state index in [-0.39, 0.29) is 0 Å². The molecular formula is C15H27N3. The molecule has 0 amide bonds. The summed E-state index contributed by atoms with van der Waals surface area (Å²) in [6.07, 6.45) is 15.3. The minimum Gasteiger partial charge on any atom is -0.337 e. The second-order valence-corrected chi connectivity index (χ2v) is 5.59. The van der Waals surface area contributed by atoms with Crippen molar-refractivity contribution in [2.24, 2.45) is 5.92 Å². The Labute approximate surface area is 111 Å². The van der Waals surface area contributed by atoms with Gasteiger partial charge < -0.3 is 9.88 Å². The Morgan fingerprint density at radius 3 is 2.72 bits per heavy atom. The highest BCUT2D eigenvalue weighted by Gasteiger charge is 2.18. The van der Waals surface area contributed by atoms with Gasteiger partial charge in [-0.2, -0.15) is 0 Å². The number of hydrogen-bond acceptors (Lipinski definition) is 2. The Balaban J connectivity index is 1.48. The number of aryl methyl sites for hydroxylation is 1. The lowest BCUT2D eigenvalue weighted by Crippen LogP contribution is -2.33.